The summed E-state index contributed by atoms with van der Waals surface area (Å²) in [6, 6.07) is 10.0. The molecule has 4 nitrogen and oxygen atoms in total. The first-order valence-electron chi connectivity index (χ1n) is 6.24. The van der Waals surface area contributed by atoms with Crippen LogP contribution < -0.4 is 11.1 Å². The molecule has 0 spiro atoms. The van der Waals surface area contributed by atoms with Crippen LogP contribution in [-0.4, -0.2) is 10.4 Å². The quantitative estimate of drug-likeness (QED) is 0.828. The molecule has 0 fully saturated rings. The van der Waals surface area contributed by atoms with Gasteiger partial charge in [0.05, 0.1) is 11.4 Å². The summed E-state index contributed by atoms with van der Waals surface area (Å²) in [5.74, 6) is 0.795. The van der Waals surface area contributed by atoms with E-state index in [4.69, 9.17) is 5.73 Å². The van der Waals surface area contributed by atoms with Gasteiger partial charge < -0.3 is 15.6 Å². The number of benzene rings is 1. The Kier molecular flexibility index (Phi) is 3.60. The maximum atomic E-state index is 11.4. The Morgan fingerprint density at radius 2 is 1.95 bits per heavy atom. The van der Waals surface area contributed by atoms with Crippen LogP contribution in [0.3, 0.4) is 0 Å². The maximum Gasteiger partial charge on any atom is 0.176 e. The molecule has 0 saturated heterocycles. The Labute approximate surface area is 113 Å². The minimum atomic E-state index is 0.0117. The van der Waals surface area contributed by atoms with E-state index >= 15 is 0 Å². The molecule has 0 bridgehead atoms. The minimum Gasteiger partial charge on any atom is -0.396 e. The number of nitrogens with two attached hydrogens (primary N) is 1. The predicted molar refractivity (Wildman–Crippen MR) is 78.3 cm³/mol. The van der Waals surface area contributed by atoms with Crippen LogP contribution >= 0.6 is 0 Å². The molecule has 0 amide bonds. The van der Waals surface area contributed by atoms with Crippen molar-refractivity contribution in [1.29, 1.82) is 0 Å². The number of nitrogens with one attached hydrogen (secondary N) is 1. The van der Waals surface area contributed by atoms with Crippen LogP contribution in [0.4, 0.5) is 11.5 Å². The molecule has 1 aromatic carbocycles. The first kappa shape index (κ1) is 13.2. The van der Waals surface area contributed by atoms with E-state index in [0.717, 1.165) is 5.82 Å². The van der Waals surface area contributed by atoms with Gasteiger partial charge in [0.15, 0.2) is 5.78 Å². The topological polar surface area (TPSA) is 60.1 Å². The summed E-state index contributed by atoms with van der Waals surface area (Å²) in [6.45, 7) is 4.28. The zero-order chi connectivity index (χ0) is 14.0. The minimum absolute atomic E-state index is 0.0117. The fourth-order valence-corrected chi connectivity index (χ4v) is 2.08. The molecule has 3 N–H and O–H groups in total. The van der Waals surface area contributed by atoms with Gasteiger partial charge in [0.25, 0.3) is 0 Å². The molecule has 1 aromatic heterocycles. The molecule has 19 heavy (non-hydrogen) atoms. The summed E-state index contributed by atoms with van der Waals surface area (Å²) in [5.41, 5.74) is 9.56. The lowest BCUT2D eigenvalue weighted by molar-refractivity contribution is 0.101. The van der Waals surface area contributed by atoms with Crippen molar-refractivity contribution >= 4 is 17.3 Å². The van der Waals surface area contributed by atoms with E-state index in [1.807, 2.05) is 7.05 Å². The molecule has 0 aliphatic carbocycles. The van der Waals surface area contributed by atoms with Gasteiger partial charge in [0, 0.05) is 20.5 Å². The van der Waals surface area contributed by atoms with Crippen LogP contribution in [0.5, 0.6) is 0 Å². The number of carbonyl (C=O) groups excluding carboxylic acids is 1. The number of aryl methyl sites for hydroxylation is 1. The number of nitrogen functional groups attached to an aromatic ring is 1. The van der Waals surface area contributed by atoms with Crippen molar-refractivity contribution in [1.82, 2.24) is 4.57 Å². The molecule has 0 aliphatic heterocycles. The number of carbonyl (C=O) groups is 1. The van der Waals surface area contributed by atoms with Crippen molar-refractivity contribution in [2.45, 2.75) is 20.4 Å². The van der Waals surface area contributed by atoms with Gasteiger partial charge in [-0.1, -0.05) is 29.8 Å². The third kappa shape index (κ3) is 2.78. The molecule has 1 heterocycles. The highest BCUT2D eigenvalue weighted by Gasteiger charge is 2.12. The van der Waals surface area contributed by atoms with E-state index in [0.29, 0.717) is 17.9 Å². The van der Waals surface area contributed by atoms with E-state index in [1.165, 1.54) is 11.1 Å². The summed E-state index contributed by atoms with van der Waals surface area (Å²) < 4.78 is 1.80. The van der Waals surface area contributed by atoms with Gasteiger partial charge in [-0.3, -0.25) is 4.79 Å². The van der Waals surface area contributed by atoms with Crippen LogP contribution in [-0.2, 0) is 13.6 Å². The lowest BCUT2D eigenvalue weighted by Gasteiger charge is -2.10. The zero-order valence-electron chi connectivity index (χ0n) is 11.5. The second-order valence-corrected chi connectivity index (χ2v) is 4.79. The van der Waals surface area contributed by atoms with Gasteiger partial charge >= 0.3 is 0 Å². The largest absolute Gasteiger partial charge is 0.396 e. The van der Waals surface area contributed by atoms with Gasteiger partial charge in [0.2, 0.25) is 0 Å². The Bertz CT molecular complexity index is 597. The van der Waals surface area contributed by atoms with Crippen molar-refractivity contribution in [3.05, 3.63) is 47.2 Å². The second-order valence-electron chi connectivity index (χ2n) is 4.79. The lowest BCUT2D eigenvalue weighted by Crippen LogP contribution is -2.08. The predicted octanol–water partition coefficient (Wildman–Crippen LogP) is 2.73. The van der Waals surface area contributed by atoms with Gasteiger partial charge in [-0.25, -0.2) is 0 Å². The van der Waals surface area contributed by atoms with Crippen molar-refractivity contribution < 1.29 is 4.79 Å². The van der Waals surface area contributed by atoms with Gasteiger partial charge in [-0.15, -0.1) is 0 Å². The standard InChI is InChI=1S/C15H19N3O/c1-10-4-6-12(7-5-10)9-17-15-13(16)8-14(11(2)19)18(15)3/h4-8,17H,9,16H2,1-3H3. The number of ketones is 1. The number of Topliss-reactive ketones (excluding diaryl/α,β-unsaturated/α-hetero) is 1. The Morgan fingerprint density at radius 3 is 2.47 bits per heavy atom. The van der Waals surface area contributed by atoms with Crippen molar-refractivity contribution in [2.75, 3.05) is 11.1 Å². The Hall–Kier alpha value is -2.23. The highest BCUT2D eigenvalue weighted by Crippen LogP contribution is 2.23. The molecule has 100 valence electrons. The van der Waals surface area contributed by atoms with E-state index in [-0.39, 0.29) is 5.78 Å². The van der Waals surface area contributed by atoms with Crippen LogP contribution in [0.15, 0.2) is 30.3 Å². The summed E-state index contributed by atoms with van der Waals surface area (Å²) in [4.78, 5) is 11.4. The summed E-state index contributed by atoms with van der Waals surface area (Å²) in [5, 5.41) is 3.28. The normalized spacial score (nSPS) is 10.5. The molecule has 2 aromatic rings. The fourth-order valence-electron chi connectivity index (χ4n) is 2.08. The number of nitrogens with zero attached hydrogens (tertiary/aromatic N) is 1. The van der Waals surface area contributed by atoms with Crippen molar-refractivity contribution in [3.8, 4) is 0 Å². The molecule has 0 radical (unpaired) electrons. The lowest BCUT2D eigenvalue weighted by atomic mass is 10.1. The monoisotopic (exact) mass is 257 g/mol. The van der Waals surface area contributed by atoms with Crippen LogP contribution in [0.2, 0.25) is 0 Å². The zero-order valence-corrected chi connectivity index (χ0v) is 11.5. The molecule has 2 rings (SSSR count). The van der Waals surface area contributed by atoms with Crippen LogP contribution in [0, 0.1) is 6.92 Å². The average molecular weight is 257 g/mol. The number of aromatic nitrogens is 1. The SMILES string of the molecule is CC(=O)c1cc(N)c(NCc2ccc(C)cc2)n1C. The number of hydrogen-bond donors (Lipinski definition) is 2. The molecule has 0 saturated carbocycles. The molecule has 0 atom stereocenters. The molecular weight excluding hydrogens is 238 g/mol. The summed E-state index contributed by atoms with van der Waals surface area (Å²) >= 11 is 0. The fraction of sp³-hybridized carbons (Fsp3) is 0.267. The first-order valence-corrected chi connectivity index (χ1v) is 6.24. The number of anilines is 2. The van der Waals surface area contributed by atoms with Crippen molar-refractivity contribution in [2.24, 2.45) is 7.05 Å². The Morgan fingerprint density at radius 1 is 1.32 bits per heavy atom. The van der Waals surface area contributed by atoms with Crippen LogP contribution in [0.1, 0.15) is 28.5 Å². The number of hydrogen-bond acceptors (Lipinski definition) is 3. The summed E-state index contributed by atoms with van der Waals surface area (Å²) in [7, 11) is 1.84. The highest BCUT2D eigenvalue weighted by atomic mass is 16.1. The second kappa shape index (κ2) is 5.18. The molecular formula is C15H19N3O. The average Bonchev–Trinajstić information content (AvgIpc) is 2.65. The molecule has 4 heteroatoms. The van der Waals surface area contributed by atoms with E-state index in [2.05, 4.69) is 36.5 Å². The third-order valence-corrected chi connectivity index (χ3v) is 3.20. The maximum absolute atomic E-state index is 11.4. The highest BCUT2D eigenvalue weighted by molar-refractivity contribution is 5.95. The van der Waals surface area contributed by atoms with Gasteiger partial charge in [0.1, 0.15) is 5.82 Å². The van der Waals surface area contributed by atoms with E-state index in [1.54, 1.807) is 17.6 Å². The van der Waals surface area contributed by atoms with Gasteiger partial charge in [-0.05, 0) is 18.6 Å². The smallest absolute Gasteiger partial charge is 0.176 e. The third-order valence-electron chi connectivity index (χ3n) is 3.20. The van der Waals surface area contributed by atoms with Crippen LogP contribution in [0.25, 0.3) is 0 Å². The van der Waals surface area contributed by atoms with Crippen molar-refractivity contribution in [3.63, 3.8) is 0 Å². The van der Waals surface area contributed by atoms with Gasteiger partial charge in [-0.2, -0.15) is 0 Å². The van der Waals surface area contributed by atoms with E-state index in [9.17, 15) is 4.79 Å². The van der Waals surface area contributed by atoms with E-state index < -0.39 is 0 Å². The summed E-state index contributed by atoms with van der Waals surface area (Å²) in [6.07, 6.45) is 0. The molecule has 0 aliphatic rings. The molecule has 0 unspecified atom stereocenters. The Balaban J connectivity index is 2.15. The first-order chi connectivity index (χ1) is 8.99. The number of rotatable bonds is 4.